The third-order valence-corrected chi connectivity index (χ3v) is 2.57. The second-order valence-electron chi connectivity index (χ2n) is 2.48. The molecule has 0 aromatic carbocycles. The number of rotatable bonds is 2. The van der Waals surface area contributed by atoms with Gasteiger partial charge in [-0.2, -0.15) is 0 Å². The van der Waals surface area contributed by atoms with Gasteiger partial charge in [-0.25, -0.2) is 0 Å². The first kappa shape index (κ1) is 7.35. The molecule has 0 rings (SSSR count). The van der Waals surface area contributed by atoms with E-state index in [0.717, 1.165) is 0 Å². The Morgan fingerprint density at radius 2 is 1.43 bits per heavy atom. The minimum atomic E-state index is -1.54. The molecule has 0 spiro atoms. The van der Waals surface area contributed by atoms with Gasteiger partial charge in [-0.3, -0.25) is 0 Å². The van der Waals surface area contributed by atoms with Crippen LogP contribution in [0.2, 0.25) is 0 Å². The van der Waals surface area contributed by atoms with Gasteiger partial charge in [0.2, 0.25) is 0 Å². The Kier molecular flexibility index (Phi) is 2.74. The summed E-state index contributed by atoms with van der Waals surface area (Å²) in [5.41, 5.74) is 0. The molecule has 0 amide bonds. The van der Waals surface area contributed by atoms with Crippen molar-refractivity contribution in [3.05, 3.63) is 0 Å². The predicted molar refractivity (Wildman–Crippen MR) is 34.3 cm³/mol. The zero-order chi connectivity index (χ0) is 5.91. The summed E-state index contributed by atoms with van der Waals surface area (Å²) in [5, 5.41) is 17.0. The van der Waals surface area contributed by atoms with E-state index in [2.05, 4.69) is 0 Å². The molecule has 0 aromatic heterocycles. The first-order chi connectivity index (χ1) is 3.12. The monoisotopic (exact) mass is 124 g/mol. The number of hydrogen-bond donors (Lipinski definition) is 2. The van der Waals surface area contributed by atoms with E-state index in [9.17, 15) is 0 Å². The van der Waals surface area contributed by atoms with Crippen molar-refractivity contribution >= 4 is 7.26 Å². The summed E-state index contributed by atoms with van der Waals surface area (Å²) in [4.78, 5) is 0. The third kappa shape index (κ3) is 2.98. The summed E-state index contributed by atoms with van der Waals surface area (Å²) in [5.74, 6) is 0. The van der Waals surface area contributed by atoms with Gasteiger partial charge in [0, 0.05) is 0 Å². The van der Waals surface area contributed by atoms with Crippen molar-refractivity contribution in [1.82, 2.24) is 0 Å². The van der Waals surface area contributed by atoms with E-state index < -0.39 is 7.26 Å². The molecule has 0 heterocycles. The van der Waals surface area contributed by atoms with Crippen molar-refractivity contribution in [2.24, 2.45) is 0 Å². The molecule has 0 aromatic rings. The predicted octanol–water partition coefficient (Wildman–Crippen LogP) is -0.105. The van der Waals surface area contributed by atoms with E-state index in [1.165, 1.54) is 0 Å². The van der Waals surface area contributed by atoms with Gasteiger partial charge < -0.3 is 0 Å². The SMILES string of the molecule is C[PH](C)(CO)CO. The molecular formula is C4H13O2P. The van der Waals surface area contributed by atoms with E-state index in [-0.39, 0.29) is 12.7 Å². The first-order valence-electron chi connectivity index (χ1n) is 2.34. The van der Waals surface area contributed by atoms with Crippen molar-refractivity contribution in [2.45, 2.75) is 0 Å². The van der Waals surface area contributed by atoms with Crippen molar-refractivity contribution in [3.8, 4) is 0 Å². The summed E-state index contributed by atoms with van der Waals surface area (Å²) >= 11 is 0. The number of aliphatic hydroxyl groups is 2. The van der Waals surface area contributed by atoms with E-state index in [1.807, 2.05) is 13.3 Å². The van der Waals surface area contributed by atoms with Crippen LogP contribution in [0, 0.1) is 0 Å². The Morgan fingerprint density at radius 3 is 1.43 bits per heavy atom. The maximum atomic E-state index is 8.50. The first-order valence-corrected chi connectivity index (χ1v) is 5.75. The fourth-order valence-corrected chi connectivity index (χ4v) is 0.150. The molecule has 0 unspecified atom stereocenters. The van der Waals surface area contributed by atoms with Crippen LogP contribution in [0.25, 0.3) is 0 Å². The molecule has 2 nitrogen and oxygen atoms in total. The molecule has 0 aliphatic heterocycles. The standard InChI is InChI=1S/C4H13O2P/c1-7(2,3-5)4-6/h5-7H,3-4H2,1-2H3. The topological polar surface area (TPSA) is 40.5 Å². The Labute approximate surface area is 44.5 Å². The molecule has 3 heteroatoms. The minimum absolute atomic E-state index is 0.184. The van der Waals surface area contributed by atoms with E-state index in [4.69, 9.17) is 10.2 Å². The van der Waals surface area contributed by atoms with Gasteiger partial charge in [-0.15, -0.1) is 0 Å². The van der Waals surface area contributed by atoms with Crippen LogP contribution in [0.5, 0.6) is 0 Å². The van der Waals surface area contributed by atoms with Crippen LogP contribution >= 0.6 is 7.26 Å². The molecule has 7 heavy (non-hydrogen) atoms. The molecule has 0 radical (unpaired) electrons. The van der Waals surface area contributed by atoms with E-state index >= 15 is 0 Å². The number of hydrogen-bond acceptors (Lipinski definition) is 2. The summed E-state index contributed by atoms with van der Waals surface area (Å²) in [6.45, 7) is 3.88. The molecule has 0 aliphatic carbocycles. The Bertz CT molecular complexity index is 47.7. The van der Waals surface area contributed by atoms with Gasteiger partial charge in [-0.1, -0.05) is 0 Å². The van der Waals surface area contributed by atoms with Crippen LogP contribution in [0.3, 0.4) is 0 Å². The van der Waals surface area contributed by atoms with Gasteiger partial charge >= 0.3 is 43.5 Å². The number of aliphatic hydroxyl groups excluding tert-OH is 2. The van der Waals surface area contributed by atoms with E-state index in [1.54, 1.807) is 0 Å². The molecular weight excluding hydrogens is 111 g/mol. The zero-order valence-corrected chi connectivity index (χ0v) is 5.81. The second kappa shape index (κ2) is 2.61. The third-order valence-electron chi connectivity index (χ3n) is 0.856. The van der Waals surface area contributed by atoms with Crippen molar-refractivity contribution in [1.29, 1.82) is 0 Å². The van der Waals surface area contributed by atoms with E-state index in [0.29, 0.717) is 0 Å². The molecule has 0 atom stereocenters. The molecule has 0 fully saturated rings. The normalized spacial score (nSPS) is 14.3. The average Bonchev–Trinajstić information content (AvgIpc) is 1.68. The van der Waals surface area contributed by atoms with Gasteiger partial charge in [-0.05, 0) is 0 Å². The van der Waals surface area contributed by atoms with Crippen LogP contribution in [0.1, 0.15) is 0 Å². The average molecular weight is 124 g/mol. The van der Waals surface area contributed by atoms with Crippen molar-refractivity contribution in [2.75, 3.05) is 26.0 Å². The zero-order valence-electron chi connectivity index (χ0n) is 4.81. The van der Waals surface area contributed by atoms with Crippen LogP contribution in [0.15, 0.2) is 0 Å². The van der Waals surface area contributed by atoms with Crippen LogP contribution < -0.4 is 0 Å². The van der Waals surface area contributed by atoms with Gasteiger partial charge in [0.1, 0.15) is 0 Å². The van der Waals surface area contributed by atoms with Crippen molar-refractivity contribution in [3.63, 3.8) is 0 Å². The van der Waals surface area contributed by atoms with Crippen molar-refractivity contribution < 1.29 is 10.2 Å². The Morgan fingerprint density at radius 1 is 1.14 bits per heavy atom. The van der Waals surface area contributed by atoms with Gasteiger partial charge in [0.05, 0.1) is 0 Å². The summed E-state index contributed by atoms with van der Waals surface area (Å²) in [6, 6.07) is 0. The molecule has 0 aliphatic rings. The van der Waals surface area contributed by atoms with Crippen LogP contribution in [-0.2, 0) is 0 Å². The Hall–Kier alpha value is 0.350. The van der Waals surface area contributed by atoms with Crippen LogP contribution in [0.4, 0.5) is 0 Å². The molecule has 46 valence electrons. The summed E-state index contributed by atoms with van der Waals surface area (Å²) in [6.07, 6.45) is 0.368. The maximum absolute atomic E-state index is 8.50. The fourth-order valence-electron chi connectivity index (χ4n) is 0.0500. The Balaban J connectivity index is 3.36. The molecule has 0 bridgehead atoms. The van der Waals surface area contributed by atoms with Crippen LogP contribution in [-0.4, -0.2) is 36.2 Å². The molecule has 0 saturated carbocycles. The molecule has 2 N–H and O–H groups in total. The van der Waals surface area contributed by atoms with Gasteiger partial charge in [0.15, 0.2) is 0 Å². The molecule has 0 saturated heterocycles. The second-order valence-corrected chi connectivity index (χ2v) is 7.44. The van der Waals surface area contributed by atoms with Gasteiger partial charge in [0.25, 0.3) is 0 Å². The summed E-state index contributed by atoms with van der Waals surface area (Å²) in [7, 11) is -1.54. The fraction of sp³-hybridized carbons (Fsp3) is 1.00. The summed E-state index contributed by atoms with van der Waals surface area (Å²) < 4.78 is 0. The quantitative estimate of drug-likeness (QED) is 0.504.